The highest BCUT2D eigenvalue weighted by atomic mass is 79.9. The summed E-state index contributed by atoms with van der Waals surface area (Å²) in [5, 5.41) is 0. The van der Waals surface area contributed by atoms with Crippen molar-refractivity contribution in [2.75, 3.05) is 0 Å². The molecule has 0 radical (unpaired) electrons. The summed E-state index contributed by atoms with van der Waals surface area (Å²) >= 11 is 0. The van der Waals surface area contributed by atoms with E-state index in [1.807, 2.05) is 17.7 Å². The van der Waals surface area contributed by atoms with Gasteiger partial charge in [0.25, 0.3) is 0 Å². The van der Waals surface area contributed by atoms with Crippen LogP contribution in [-0.4, -0.2) is 0 Å². The molecule has 0 saturated carbocycles. The number of benzene rings is 1. The van der Waals surface area contributed by atoms with Gasteiger partial charge in [0, 0.05) is 12.1 Å². The summed E-state index contributed by atoms with van der Waals surface area (Å²) in [5.74, 6) is 0. The molecule has 0 unspecified atom stereocenters. The van der Waals surface area contributed by atoms with Crippen LogP contribution in [0.15, 0.2) is 54.9 Å². The van der Waals surface area contributed by atoms with Gasteiger partial charge in [-0.25, -0.2) is 4.57 Å². The lowest BCUT2D eigenvalue weighted by atomic mass is 10.1. The number of rotatable bonds is 1. The lowest BCUT2D eigenvalue weighted by Gasteiger charge is -1.98. The van der Waals surface area contributed by atoms with E-state index in [0.717, 1.165) is 0 Å². The van der Waals surface area contributed by atoms with E-state index in [4.69, 9.17) is 0 Å². The van der Waals surface area contributed by atoms with E-state index < -0.39 is 0 Å². The molecule has 14 heavy (non-hydrogen) atoms. The predicted octanol–water partition coefficient (Wildman–Crippen LogP) is -0.818. The molecule has 0 saturated heterocycles. The Labute approximate surface area is 94.8 Å². The number of aromatic nitrogens is 1. The van der Waals surface area contributed by atoms with Crippen LogP contribution in [0.3, 0.4) is 0 Å². The fourth-order valence-corrected chi connectivity index (χ4v) is 1.32. The highest BCUT2D eigenvalue weighted by molar-refractivity contribution is 5.61. The molecule has 2 heteroatoms. The van der Waals surface area contributed by atoms with Crippen molar-refractivity contribution in [1.82, 2.24) is 0 Å². The van der Waals surface area contributed by atoms with Crippen LogP contribution >= 0.6 is 0 Å². The number of halogens is 1. The Bertz CT molecular complexity index is 381. The zero-order valence-electron chi connectivity index (χ0n) is 8.02. The van der Waals surface area contributed by atoms with Gasteiger partial charge >= 0.3 is 0 Å². The van der Waals surface area contributed by atoms with Gasteiger partial charge in [0.2, 0.25) is 0 Å². The quantitative estimate of drug-likeness (QED) is 0.582. The second kappa shape index (κ2) is 4.91. The van der Waals surface area contributed by atoms with Gasteiger partial charge in [0.1, 0.15) is 7.05 Å². The summed E-state index contributed by atoms with van der Waals surface area (Å²) in [4.78, 5) is 0. The minimum absolute atomic E-state index is 0. The molecule has 1 aromatic heterocycles. The zero-order chi connectivity index (χ0) is 9.10. The number of pyridine rings is 1. The zero-order valence-corrected chi connectivity index (χ0v) is 9.61. The van der Waals surface area contributed by atoms with Gasteiger partial charge in [-0.05, 0) is 11.1 Å². The second-order valence-corrected chi connectivity index (χ2v) is 3.12. The number of nitrogens with zero attached hydrogens (tertiary/aromatic N) is 1. The normalized spacial score (nSPS) is 9.21. The van der Waals surface area contributed by atoms with E-state index in [0.29, 0.717) is 0 Å². The highest BCUT2D eigenvalue weighted by Gasteiger charge is 1.97. The van der Waals surface area contributed by atoms with Gasteiger partial charge in [0.05, 0.1) is 0 Å². The summed E-state index contributed by atoms with van der Waals surface area (Å²) in [6.07, 6.45) is 4.12. The lowest BCUT2D eigenvalue weighted by molar-refractivity contribution is -0.671. The fourth-order valence-electron chi connectivity index (χ4n) is 1.32. The molecule has 1 heterocycles. The van der Waals surface area contributed by atoms with Crippen molar-refractivity contribution in [3.05, 3.63) is 54.9 Å². The van der Waals surface area contributed by atoms with Crippen molar-refractivity contribution in [3.63, 3.8) is 0 Å². The Hall–Kier alpha value is -1.15. The molecule has 1 nitrogen and oxygen atoms in total. The first kappa shape index (κ1) is 10.9. The molecule has 2 aromatic rings. The summed E-state index contributed by atoms with van der Waals surface area (Å²) in [7, 11) is 2.02. The first-order valence-corrected chi connectivity index (χ1v) is 4.37. The number of hydrogen-bond acceptors (Lipinski definition) is 0. The van der Waals surface area contributed by atoms with Gasteiger partial charge in [-0.2, -0.15) is 0 Å². The largest absolute Gasteiger partial charge is 1.00 e. The average Bonchev–Trinajstić information content (AvgIpc) is 2.20. The smallest absolute Gasteiger partial charge is 0.169 e. The maximum atomic E-state index is 2.12. The minimum Gasteiger partial charge on any atom is -1.00 e. The van der Waals surface area contributed by atoms with Gasteiger partial charge in [-0.15, -0.1) is 0 Å². The minimum atomic E-state index is 0. The van der Waals surface area contributed by atoms with E-state index in [1.165, 1.54) is 11.1 Å². The third kappa shape index (κ3) is 2.42. The second-order valence-electron chi connectivity index (χ2n) is 3.12. The Kier molecular flexibility index (Phi) is 3.84. The molecule has 0 aliphatic heterocycles. The average molecular weight is 250 g/mol. The molecule has 72 valence electrons. The van der Waals surface area contributed by atoms with Gasteiger partial charge in [-0.3, -0.25) is 0 Å². The molecule has 0 aliphatic rings. The summed E-state index contributed by atoms with van der Waals surface area (Å²) in [6.45, 7) is 0. The maximum Gasteiger partial charge on any atom is 0.169 e. The molecular formula is C12H12BrN. The Morgan fingerprint density at radius 1 is 0.786 bits per heavy atom. The fraction of sp³-hybridized carbons (Fsp3) is 0.0833. The first-order chi connectivity index (χ1) is 6.36. The molecule has 0 N–H and O–H groups in total. The van der Waals surface area contributed by atoms with Crippen molar-refractivity contribution in [1.29, 1.82) is 0 Å². The van der Waals surface area contributed by atoms with Crippen LogP contribution in [0.5, 0.6) is 0 Å². The van der Waals surface area contributed by atoms with Gasteiger partial charge < -0.3 is 17.0 Å². The monoisotopic (exact) mass is 249 g/mol. The molecule has 2 rings (SSSR count). The van der Waals surface area contributed by atoms with E-state index in [9.17, 15) is 0 Å². The topological polar surface area (TPSA) is 3.88 Å². The van der Waals surface area contributed by atoms with Crippen molar-refractivity contribution in [3.8, 4) is 11.1 Å². The van der Waals surface area contributed by atoms with E-state index >= 15 is 0 Å². The van der Waals surface area contributed by atoms with E-state index in [2.05, 4.69) is 48.8 Å². The van der Waals surface area contributed by atoms with Crippen LogP contribution < -0.4 is 21.5 Å². The molecule has 0 atom stereocenters. The standard InChI is InChI=1S/C12H12N.BrH/c1-13-9-7-12(8-10-13)11-5-3-2-4-6-11;/h2-10H,1H3;1H/q+1;/p-1. The van der Waals surface area contributed by atoms with Crippen LogP contribution in [0.1, 0.15) is 0 Å². The summed E-state index contributed by atoms with van der Waals surface area (Å²) < 4.78 is 2.03. The summed E-state index contributed by atoms with van der Waals surface area (Å²) in [5.41, 5.74) is 2.53. The summed E-state index contributed by atoms with van der Waals surface area (Å²) in [6, 6.07) is 14.6. The third-order valence-corrected chi connectivity index (χ3v) is 2.09. The van der Waals surface area contributed by atoms with Crippen LogP contribution in [0.25, 0.3) is 11.1 Å². The third-order valence-electron chi connectivity index (χ3n) is 2.09. The Morgan fingerprint density at radius 3 is 1.86 bits per heavy atom. The molecule has 0 amide bonds. The van der Waals surface area contributed by atoms with E-state index in [-0.39, 0.29) is 17.0 Å². The van der Waals surface area contributed by atoms with Gasteiger partial charge in [0.15, 0.2) is 12.4 Å². The highest BCUT2D eigenvalue weighted by Crippen LogP contribution is 2.16. The molecular weight excluding hydrogens is 238 g/mol. The Balaban J connectivity index is 0.000000980. The van der Waals surface area contributed by atoms with E-state index in [1.54, 1.807) is 0 Å². The van der Waals surface area contributed by atoms with Crippen LogP contribution in [0.2, 0.25) is 0 Å². The maximum absolute atomic E-state index is 2.12. The number of aryl methyl sites for hydroxylation is 1. The molecule has 0 fully saturated rings. The molecule has 0 bridgehead atoms. The molecule has 0 spiro atoms. The lowest BCUT2D eigenvalue weighted by Crippen LogP contribution is -3.00. The molecule has 1 aromatic carbocycles. The molecule has 0 aliphatic carbocycles. The Morgan fingerprint density at radius 2 is 1.29 bits per heavy atom. The first-order valence-electron chi connectivity index (χ1n) is 4.37. The van der Waals surface area contributed by atoms with Crippen molar-refractivity contribution in [2.45, 2.75) is 0 Å². The predicted molar refractivity (Wildman–Crippen MR) is 53.1 cm³/mol. The van der Waals surface area contributed by atoms with Crippen molar-refractivity contribution >= 4 is 0 Å². The van der Waals surface area contributed by atoms with Crippen LogP contribution in [0.4, 0.5) is 0 Å². The van der Waals surface area contributed by atoms with Crippen LogP contribution in [-0.2, 0) is 7.05 Å². The van der Waals surface area contributed by atoms with Crippen LogP contribution in [0, 0.1) is 0 Å². The SMILES string of the molecule is C[n+]1ccc(-c2ccccc2)cc1.[Br-]. The number of hydrogen-bond donors (Lipinski definition) is 0. The van der Waals surface area contributed by atoms with Gasteiger partial charge in [-0.1, -0.05) is 30.3 Å². The van der Waals surface area contributed by atoms with Crippen molar-refractivity contribution < 1.29 is 21.5 Å². The van der Waals surface area contributed by atoms with Crippen molar-refractivity contribution in [2.24, 2.45) is 7.05 Å².